The monoisotopic (exact) mass is 247 g/mol. The highest BCUT2D eigenvalue weighted by Gasteiger charge is 2.38. The van der Waals surface area contributed by atoms with E-state index in [0.29, 0.717) is 18.6 Å². The van der Waals surface area contributed by atoms with Gasteiger partial charge in [-0.2, -0.15) is 0 Å². The molecular weight excluding hydrogens is 226 g/mol. The first-order chi connectivity index (χ1) is 8.85. The Morgan fingerprint density at radius 3 is 3.06 bits per heavy atom. The molecule has 2 atom stereocenters. The lowest BCUT2D eigenvalue weighted by molar-refractivity contribution is 0.186. The molecule has 0 aliphatic carbocycles. The van der Waals surface area contributed by atoms with E-state index < -0.39 is 0 Å². The minimum absolute atomic E-state index is 0.300. The molecule has 2 aliphatic heterocycles. The zero-order valence-corrected chi connectivity index (χ0v) is 10.9. The van der Waals surface area contributed by atoms with Crippen molar-refractivity contribution in [1.29, 1.82) is 0 Å². The van der Waals surface area contributed by atoms with Crippen molar-refractivity contribution in [3.05, 3.63) is 29.3 Å². The summed E-state index contributed by atoms with van der Waals surface area (Å²) in [5, 5.41) is 9.22. The van der Waals surface area contributed by atoms with E-state index in [4.69, 9.17) is 4.74 Å². The molecule has 0 aromatic heterocycles. The molecule has 0 unspecified atom stereocenters. The number of ether oxygens (including phenoxy) is 1. The predicted octanol–water partition coefficient (Wildman–Crippen LogP) is 2.00. The molecule has 2 aliphatic rings. The van der Waals surface area contributed by atoms with Crippen LogP contribution in [0.1, 0.15) is 30.0 Å². The number of methoxy groups -OCH3 is 1. The van der Waals surface area contributed by atoms with Gasteiger partial charge in [-0.15, -0.1) is 0 Å². The van der Waals surface area contributed by atoms with Gasteiger partial charge in [0, 0.05) is 24.8 Å². The number of benzene rings is 1. The Kier molecular flexibility index (Phi) is 3.27. The van der Waals surface area contributed by atoms with E-state index >= 15 is 0 Å². The average Bonchev–Trinajstić information content (AvgIpc) is 2.82. The molecule has 1 fully saturated rings. The molecule has 0 radical (unpaired) electrons. The number of hydrogen-bond acceptors (Lipinski definition) is 3. The van der Waals surface area contributed by atoms with E-state index in [1.807, 2.05) is 0 Å². The van der Waals surface area contributed by atoms with Crippen LogP contribution in [0.4, 0.5) is 0 Å². The highest BCUT2D eigenvalue weighted by atomic mass is 16.5. The summed E-state index contributed by atoms with van der Waals surface area (Å²) in [6.07, 6.45) is 3.21. The van der Waals surface area contributed by atoms with Crippen molar-refractivity contribution in [2.75, 3.05) is 26.8 Å². The topological polar surface area (TPSA) is 32.7 Å². The molecular formula is C15H21NO2. The summed E-state index contributed by atoms with van der Waals surface area (Å²) < 4.78 is 5.49. The Balaban J connectivity index is 1.98. The van der Waals surface area contributed by atoms with Crippen molar-refractivity contribution >= 4 is 0 Å². The van der Waals surface area contributed by atoms with Crippen LogP contribution in [0.3, 0.4) is 0 Å². The number of rotatable bonds is 3. The third kappa shape index (κ3) is 1.82. The summed E-state index contributed by atoms with van der Waals surface area (Å²) in [5.74, 6) is 1.63. The van der Waals surface area contributed by atoms with Gasteiger partial charge in [0.2, 0.25) is 0 Å². The van der Waals surface area contributed by atoms with Crippen molar-refractivity contribution in [2.45, 2.75) is 25.3 Å². The fraction of sp³-hybridized carbons (Fsp3) is 0.600. The first-order valence-electron chi connectivity index (χ1n) is 6.86. The first kappa shape index (κ1) is 12.0. The molecule has 1 N–H and O–H groups in total. The lowest BCUT2D eigenvalue weighted by Crippen LogP contribution is -2.33. The maximum absolute atomic E-state index is 9.22. The minimum atomic E-state index is 0.300. The van der Waals surface area contributed by atoms with Crippen LogP contribution in [0.5, 0.6) is 5.75 Å². The predicted molar refractivity (Wildman–Crippen MR) is 70.8 cm³/mol. The summed E-state index contributed by atoms with van der Waals surface area (Å²) in [5.41, 5.74) is 2.81. The van der Waals surface area contributed by atoms with Crippen molar-refractivity contribution in [2.24, 2.45) is 5.92 Å². The molecule has 0 amide bonds. The summed E-state index contributed by atoms with van der Waals surface area (Å²) in [6, 6.07) is 6.89. The van der Waals surface area contributed by atoms with Gasteiger partial charge in [0.1, 0.15) is 5.75 Å². The maximum atomic E-state index is 9.22. The van der Waals surface area contributed by atoms with Crippen LogP contribution in [-0.2, 0) is 6.42 Å². The number of nitrogens with zero attached hydrogens (tertiary/aromatic N) is 1. The molecule has 1 aromatic carbocycles. The van der Waals surface area contributed by atoms with Crippen molar-refractivity contribution in [1.82, 2.24) is 4.90 Å². The second-order valence-electron chi connectivity index (χ2n) is 5.32. The highest BCUT2D eigenvalue weighted by molar-refractivity contribution is 5.44. The molecule has 18 heavy (non-hydrogen) atoms. The van der Waals surface area contributed by atoms with Gasteiger partial charge in [-0.1, -0.05) is 12.1 Å². The number of fused-ring (bicyclic) bond motifs is 3. The molecule has 3 nitrogen and oxygen atoms in total. The van der Waals surface area contributed by atoms with Crippen LogP contribution in [0, 0.1) is 5.92 Å². The molecule has 0 saturated carbocycles. The van der Waals surface area contributed by atoms with Gasteiger partial charge in [-0.3, -0.25) is 4.90 Å². The highest BCUT2D eigenvalue weighted by Crippen LogP contribution is 2.44. The van der Waals surface area contributed by atoms with Gasteiger partial charge in [0.05, 0.1) is 7.11 Å². The number of aliphatic hydroxyl groups is 1. The van der Waals surface area contributed by atoms with E-state index in [-0.39, 0.29) is 0 Å². The second kappa shape index (κ2) is 4.90. The van der Waals surface area contributed by atoms with Crippen molar-refractivity contribution < 1.29 is 9.84 Å². The van der Waals surface area contributed by atoms with Crippen molar-refractivity contribution in [3.8, 4) is 5.75 Å². The number of hydrogen-bond donors (Lipinski definition) is 1. The van der Waals surface area contributed by atoms with Crippen LogP contribution in [0.2, 0.25) is 0 Å². The zero-order chi connectivity index (χ0) is 12.5. The van der Waals surface area contributed by atoms with Gasteiger partial charge in [-0.25, -0.2) is 0 Å². The third-order valence-electron chi connectivity index (χ3n) is 4.48. The normalized spacial score (nSPS) is 26.8. The Morgan fingerprint density at radius 1 is 1.39 bits per heavy atom. The standard InChI is InChI=1S/C15H21NO2/c1-18-14-4-2-3-13-12(14)6-9-16-8-5-11(7-10-17)15(13)16/h2-4,11,15,17H,5-10H2,1H3/t11-,15-/m0/s1. The summed E-state index contributed by atoms with van der Waals surface area (Å²) in [4.78, 5) is 2.57. The van der Waals surface area contributed by atoms with Gasteiger partial charge in [0.15, 0.2) is 0 Å². The fourth-order valence-electron chi connectivity index (χ4n) is 3.67. The fourth-order valence-corrected chi connectivity index (χ4v) is 3.67. The van der Waals surface area contributed by atoms with Crippen LogP contribution in [-0.4, -0.2) is 36.8 Å². The first-order valence-corrected chi connectivity index (χ1v) is 6.86. The third-order valence-corrected chi connectivity index (χ3v) is 4.48. The summed E-state index contributed by atoms with van der Waals surface area (Å²) >= 11 is 0. The molecule has 1 aromatic rings. The van der Waals surface area contributed by atoms with E-state index in [0.717, 1.165) is 25.1 Å². The van der Waals surface area contributed by atoms with Gasteiger partial charge >= 0.3 is 0 Å². The molecule has 2 heterocycles. The Hall–Kier alpha value is -1.06. The van der Waals surface area contributed by atoms with E-state index in [9.17, 15) is 5.11 Å². The van der Waals surface area contributed by atoms with Gasteiger partial charge < -0.3 is 9.84 Å². The van der Waals surface area contributed by atoms with Crippen molar-refractivity contribution in [3.63, 3.8) is 0 Å². The quantitative estimate of drug-likeness (QED) is 0.886. The molecule has 0 bridgehead atoms. The molecule has 98 valence electrons. The van der Waals surface area contributed by atoms with Crippen LogP contribution < -0.4 is 4.74 Å². The van der Waals surface area contributed by atoms with E-state index in [2.05, 4.69) is 23.1 Å². The van der Waals surface area contributed by atoms with E-state index in [1.165, 1.54) is 24.1 Å². The number of aliphatic hydroxyl groups excluding tert-OH is 1. The van der Waals surface area contributed by atoms with Crippen LogP contribution >= 0.6 is 0 Å². The minimum Gasteiger partial charge on any atom is -0.496 e. The maximum Gasteiger partial charge on any atom is 0.122 e. The van der Waals surface area contributed by atoms with Crippen LogP contribution in [0.15, 0.2) is 18.2 Å². The Labute approximate surface area is 108 Å². The SMILES string of the molecule is COc1cccc2c1CCN1CC[C@@H](CCO)[C@@H]21. The van der Waals surface area contributed by atoms with Gasteiger partial charge in [-0.05, 0) is 43.4 Å². The van der Waals surface area contributed by atoms with Crippen LogP contribution in [0.25, 0.3) is 0 Å². The zero-order valence-electron chi connectivity index (χ0n) is 10.9. The molecule has 0 spiro atoms. The van der Waals surface area contributed by atoms with E-state index in [1.54, 1.807) is 7.11 Å². The molecule has 3 heteroatoms. The lowest BCUT2D eigenvalue weighted by atomic mass is 9.85. The Morgan fingerprint density at radius 2 is 2.28 bits per heavy atom. The van der Waals surface area contributed by atoms with Gasteiger partial charge in [0.25, 0.3) is 0 Å². The second-order valence-corrected chi connectivity index (χ2v) is 5.32. The average molecular weight is 247 g/mol. The molecule has 1 saturated heterocycles. The summed E-state index contributed by atoms with van der Waals surface area (Å²) in [7, 11) is 1.75. The molecule has 3 rings (SSSR count). The smallest absolute Gasteiger partial charge is 0.122 e. The largest absolute Gasteiger partial charge is 0.496 e. The lowest BCUT2D eigenvalue weighted by Gasteiger charge is -2.35. The Bertz CT molecular complexity index is 433. The summed E-state index contributed by atoms with van der Waals surface area (Å²) in [6.45, 7) is 2.60.